The number of aryl methyl sites for hydroxylation is 1. The number of nitrogens with zero attached hydrogens (tertiary/aromatic N) is 3. The first-order valence-corrected chi connectivity index (χ1v) is 5.37. The lowest BCUT2D eigenvalue weighted by Gasteiger charge is -2.22. The van der Waals surface area contributed by atoms with Gasteiger partial charge in [0, 0.05) is 20.6 Å². The minimum atomic E-state index is -0.446. The molecule has 3 N–H and O–H groups in total. The van der Waals surface area contributed by atoms with Crippen molar-refractivity contribution in [2.24, 2.45) is 25.2 Å². The Labute approximate surface area is 99.2 Å². The number of anilines is 1. The summed E-state index contributed by atoms with van der Waals surface area (Å²) in [7, 11) is 2.92. The second kappa shape index (κ2) is 4.70. The second-order valence-corrected chi connectivity index (χ2v) is 4.84. The third-order valence-corrected chi connectivity index (χ3v) is 2.61. The van der Waals surface area contributed by atoms with Gasteiger partial charge in [-0.3, -0.25) is 9.36 Å². The van der Waals surface area contributed by atoms with Crippen molar-refractivity contribution in [1.82, 2.24) is 14.3 Å². The van der Waals surface area contributed by atoms with E-state index in [1.54, 1.807) is 0 Å². The molecule has 1 rings (SSSR count). The Morgan fingerprint density at radius 1 is 1.35 bits per heavy atom. The minimum absolute atomic E-state index is 0.138. The molecule has 7 nitrogen and oxygen atoms in total. The molecule has 0 amide bonds. The molecule has 0 aromatic carbocycles. The molecule has 0 aliphatic carbocycles. The molecular weight excluding hydrogens is 222 g/mol. The topological polar surface area (TPSA) is 94.9 Å². The molecule has 96 valence electrons. The summed E-state index contributed by atoms with van der Waals surface area (Å²) in [5.74, 6) is 0.163. The Morgan fingerprint density at radius 3 is 2.47 bits per heavy atom. The van der Waals surface area contributed by atoms with Crippen LogP contribution >= 0.6 is 0 Å². The van der Waals surface area contributed by atoms with Gasteiger partial charge < -0.3 is 11.1 Å². The molecule has 1 aromatic heterocycles. The molecule has 0 atom stereocenters. The van der Waals surface area contributed by atoms with E-state index in [4.69, 9.17) is 5.73 Å². The molecule has 0 saturated carbocycles. The Hall–Kier alpha value is -1.63. The average Bonchev–Trinajstić information content (AvgIpc) is 2.29. The minimum Gasteiger partial charge on any atom is -0.363 e. The molecule has 0 bridgehead atoms. The molecule has 0 aliphatic rings. The van der Waals surface area contributed by atoms with E-state index >= 15 is 0 Å². The maximum atomic E-state index is 11.7. The van der Waals surface area contributed by atoms with Gasteiger partial charge in [-0.25, -0.2) is 9.48 Å². The van der Waals surface area contributed by atoms with Crippen molar-refractivity contribution in [1.29, 1.82) is 0 Å². The molecule has 0 fully saturated rings. The van der Waals surface area contributed by atoms with E-state index in [2.05, 4.69) is 10.4 Å². The summed E-state index contributed by atoms with van der Waals surface area (Å²) in [6.07, 6.45) is 0. The summed E-state index contributed by atoms with van der Waals surface area (Å²) in [6, 6.07) is 0. The molecule has 17 heavy (non-hydrogen) atoms. The molecule has 7 heteroatoms. The van der Waals surface area contributed by atoms with Gasteiger partial charge >= 0.3 is 5.69 Å². The first-order chi connectivity index (χ1) is 7.78. The van der Waals surface area contributed by atoms with Crippen molar-refractivity contribution >= 4 is 5.82 Å². The fraction of sp³-hybridized carbons (Fsp3) is 0.700. The number of rotatable bonds is 4. The van der Waals surface area contributed by atoms with Gasteiger partial charge in [0.05, 0.1) is 0 Å². The number of nitrogens with two attached hydrogens (primary N) is 1. The highest BCUT2D eigenvalue weighted by Crippen LogP contribution is 2.11. The monoisotopic (exact) mass is 241 g/mol. The standard InChI is InChI=1S/C10H19N5O2/c1-10(2,5-11)6-12-7-8(16)14(3)9(17)15(4)13-7/h5-6,11H2,1-4H3,(H,12,13). The zero-order chi connectivity index (χ0) is 13.2. The van der Waals surface area contributed by atoms with Crippen LogP contribution < -0.4 is 22.3 Å². The highest BCUT2D eigenvalue weighted by molar-refractivity contribution is 5.29. The lowest BCUT2D eigenvalue weighted by molar-refractivity contribution is 0.404. The Balaban J connectivity index is 3.02. The predicted molar refractivity (Wildman–Crippen MR) is 66.0 cm³/mol. The van der Waals surface area contributed by atoms with Gasteiger partial charge in [-0.05, 0) is 12.0 Å². The summed E-state index contributed by atoms with van der Waals surface area (Å²) in [5.41, 5.74) is 4.58. The molecule has 0 radical (unpaired) electrons. The van der Waals surface area contributed by atoms with Crippen molar-refractivity contribution in [3.8, 4) is 0 Å². The molecule has 0 spiro atoms. The van der Waals surface area contributed by atoms with Crippen LogP contribution in [0.1, 0.15) is 13.8 Å². The highest BCUT2D eigenvalue weighted by Gasteiger charge is 2.17. The van der Waals surface area contributed by atoms with E-state index in [1.165, 1.54) is 14.1 Å². The van der Waals surface area contributed by atoms with Crippen molar-refractivity contribution in [3.63, 3.8) is 0 Å². The third-order valence-electron chi connectivity index (χ3n) is 2.61. The average molecular weight is 241 g/mol. The van der Waals surface area contributed by atoms with Gasteiger partial charge in [0.1, 0.15) is 0 Å². The van der Waals surface area contributed by atoms with Crippen molar-refractivity contribution in [3.05, 3.63) is 20.8 Å². The Bertz CT molecular complexity index is 514. The molecule has 0 saturated heterocycles. The van der Waals surface area contributed by atoms with Gasteiger partial charge in [0.15, 0.2) is 0 Å². The highest BCUT2D eigenvalue weighted by atomic mass is 16.2. The summed E-state index contributed by atoms with van der Waals surface area (Å²) in [4.78, 5) is 23.2. The van der Waals surface area contributed by atoms with Crippen LogP contribution in [0, 0.1) is 5.41 Å². The number of nitrogens with one attached hydrogen (secondary N) is 1. The number of aromatic nitrogens is 3. The van der Waals surface area contributed by atoms with E-state index in [1.807, 2.05) is 13.8 Å². The Morgan fingerprint density at radius 2 is 1.94 bits per heavy atom. The number of hydrogen-bond donors (Lipinski definition) is 2. The van der Waals surface area contributed by atoms with Gasteiger partial charge in [0.2, 0.25) is 5.82 Å². The van der Waals surface area contributed by atoms with Crippen molar-refractivity contribution < 1.29 is 0 Å². The fourth-order valence-electron chi connectivity index (χ4n) is 1.20. The first-order valence-electron chi connectivity index (χ1n) is 5.37. The third kappa shape index (κ3) is 2.94. The van der Waals surface area contributed by atoms with Crippen LogP contribution in [0.3, 0.4) is 0 Å². The normalized spacial score (nSPS) is 11.6. The smallest absolute Gasteiger partial charge is 0.346 e. The maximum absolute atomic E-state index is 11.7. The van der Waals surface area contributed by atoms with Gasteiger partial charge in [-0.1, -0.05) is 13.8 Å². The largest absolute Gasteiger partial charge is 0.363 e. The van der Waals surface area contributed by atoms with Gasteiger partial charge in [-0.2, -0.15) is 0 Å². The van der Waals surface area contributed by atoms with Crippen LogP contribution in [0.25, 0.3) is 0 Å². The van der Waals surface area contributed by atoms with Gasteiger partial charge in [0.25, 0.3) is 5.56 Å². The van der Waals surface area contributed by atoms with Crippen molar-refractivity contribution in [2.45, 2.75) is 13.8 Å². The van der Waals surface area contributed by atoms with Crippen molar-refractivity contribution in [2.75, 3.05) is 18.4 Å². The molecule has 0 unspecified atom stereocenters. The first kappa shape index (κ1) is 13.4. The van der Waals surface area contributed by atoms with Crippen LogP contribution in [0.4, 0.5) is 5.82 Å². The summed E-state index contributed by atoms with van der Waals surface area (Å²) in [5, 5.41) is 6.82. The van der Waals surface area contributed by atoms with E-state index in [0.717, 1.165) is 9.25 Å². The summed E-state index contributed by atoms with van der Waals surface area (Å²) >= 11 is 0. The zero-order valence-electron chi connectivity index (χ0n) is 10.6. The number of hydrogen-bond acceptors (Lipinski definition) is 5. The zero-order valence-corrected chi connectivity index (χ0v) is 10.6. The predicted octanol–water partition coefficient (Wildman–Crippen LogP) is -1.12. The van der Waals surface area contributed by atoms with E-state index in [-0.39, 0.29) is 11.2 Å². The SMILES string of the molecule is Cn1nc(NCC(C)(C)CN)c(=O)n(C)c1=O. The second-order valence-electron chi connectivity index (χ2n) is 4.84. The van der Waals surface area contributed by atoms with E-state index in [0.29, 0.717) is 13.1 Å². The quantitative estimate of drug-likeness (QED) is 0.696. The van der Waals surface area contributed by atoms with E-state index < -0.39 is 11.2 Å². The maximum Gasteiger partial charge on any atom is 0.346 e. The van der Waals surface area contributed by atoms with Crippen LogP contribution in [-0.4, -0.2) is 27.4 Å². The fourth-order valence-corrected chi connectivity index (χ4v) is 1.20. The Kier molecular flexibility index (Phi) is 3.72. The van der Waals surface area contributed by atoms with Crippen LogP contribution in [0.2, 0.25) is 0 Å². The summed E-state index contributed by atoms with van der Waals surface area (Å²) < 4.78 is 2.14. The lowest BCUT2D eigenvalue weighted by atomic mass is 9.94. The van der Waals surface area contributed by atoms with E-state index in [9.17, 15) is 9.59 Å². The lowest BCUT2D eigenvalue weighted by Crippen LogP contribution is -2.41. The summed E-state index contributed by atoms with van der Waals surface area (Å²) in [6.45, 7) is 4.97. The van der Waals surface area contributed by atoms with Crippen LogP contribution in [0.15, 0.2) is 9.59 Å². The molecular formula is C10H19N5O2. The molecule has 0 aliphatic heterocycles. The molecule has 1 heterocycles. The van der Waals surface area contributed by atoms with Crippen LogP contribution in [-0.2, 0) is 14.1 Å². The van der Waals surface area contributed by atoms with Crippen LogP contribution in [0.5, 0.6) is 0 Å². The molecule has 1 aromatic rings. The van der Waals surface area contributed by atoms with Gasteiger partial charge in [-0.15, -0.1) is 5.10 Å².